The Labute approximate surface area is 558 Å². The fourth-order valence-electron chi connectivity index (χ4n) is 14.9. The third-order valence-corrected chi connectivity index (χ3v) is 33.2. The summed E-state index contributed by atoms with van der Waals surface area (Å²) in [7, 11) is -6.18. The standard InChI is InChI=1S/2C32H16N8.C10H16O2Si2.2Al/c2*1-2-10-18-17(9-1)25-33-26(18)38-28-21-13-5-6-14-22(21)30(35-28)40-32-24-16-8-7-15-23(24)31(36-32)39-29-20-12-4-3-11-19(20)27(34-29)37-25;1-13(2,11)9-5-7-10(8-6-9)14(3,4)12;;/h2*1-16H;5-8H,1-4H3;;/q3*-2;2*+3. The summed E-state index contributed by atoms with van der Waals surface area (Å²) in [5.41, 5.74) is 10.00. The summed E-state index contributed by atoms with van der Waals surface area (Å²) in [4.78, 5) is 66.1. The van der Waals surface area contributed by atoms with Crippen LogP contribution in [0.1, 0.15) is 44.5 Å². The van der Waals surface area contributed by atoms with Crippen LogP contribution in [-0.2, 0) is 6.96 Å². The van der Waals surface area contributed by atoms with E-state index in [0.29, 0.717) is 91.9 Å². The number of hydrogen-bond acceptors (Lipinski definition) is 14. The fraction of sp³-hybridized carbons (Fsp3) is 0.0541. The van der Waals surface area contributed by atoms with E-state index in [1.54, 1.807) is 0 Å². The van der Waals surface area contributed by atoms with E-state index in [4.69, 9.17) is 66.9 Å². The quantitative estimate of drug-likeness (QED) is 0.150. The van der Waals surface area contributed by atoms with Crippen LogP contribution in [0, 0.1) is 0 Å². The third kappa shape index (κ3) is 7.74. The lowest BCUT2D eigenvalue weighted by atomic mass is 10.1. The van der Waals surface area contributed by atoms with Gasteiger partial charge in [0.2, 0.25) is 0 Å². The number of hydrogen-bond donors (Lipinski definition) is 0. The van der Waals surface area contributed by atoms with Crippen LogP contribution in [0.4, 0.5) is 23.3 Å². The molecular formula is C74H48Al2N16O2Si2. The van der Waals surface area contributed by atoms with Crippen LogP contribution >= 0.6 is 0 Å². The maximum absolute atomic E-state index is 8.27. The molecule has 0 saturated carbocycles. The largest absolute Gasteiger partial charge is 0.798 e. The van der Waals surface area contributed by atoms with Gasteiger partial charge in [-0.2, -0.15) is 0 Å². The molecule has 13 aromatic rings. The second kappa shape index (κ2) is 19.8. The van der Waals surface area contributed by atoms with Crippen LogP contribution in [0.2, 0.25) is 26.2 Å². The van der Waals surface area contributed by atoms with Crippen LogP contribution in [-0.4, -0.2) is 107 Å². The molecule has 0 spiro atoms. The number of aromatic nitrogens is 4. The molecule has 18 nitrogen and oxygen atoms in total. The van der Waals surface area contributed by atoms with E-state index in [1.165, 1.54) is 0 Å². The van der Waals surface area contributed by atoms with Crippen molar-refractivity contribution in [1.82, 2.24) is 14.2 Å². The lowest BCUT2D eigenvalue weighted by Gasteiger charge is -2.32. The van der Waals surface area contributed by atoms with Crippen molar-refractivity contribution in [2.75, 3.05) is 0 Å². The third-order valence-electron chi connectivity index (χ3n) is 19.6. The summed E-state index contributed by atoms with van der Waals surface area (Å²) in [6, 6.07) is 75.5. The smallest absolute Gasteiger partial charge is 0.506 e. The average Bonchev–Trinajstić information content (AvgIpc) is 1.55. The SMILES string of the molecule is C[Si](C)([O][Al]1[n]2c3c4ccccc4c2N=C2N=C(N=c4c5ccccc5c([n]41)=NC1=NC(=N3)c3ccccc31)c1ccccc12)c1ccc([Si](C)(C)[O][Al]2[n]3c4c5ccccc5c3N=C3N=C(N=c5c6ccccc6c([n]52)=NC2=NC(=N4)c4ccccc42)c2ccccc23)cc1. The zero-order chi connectivity index (χ0) is 63.4. The van der Waals surface area contributed by atoms with E-state index in [1.807, 2.05) is 48.5 Å². The molecular weight excluding hydrogens is 1260 g/mol. The molecule has 8 aliphatic rings. The predicted molar refractivity (Wildman–Crippen MR) is 385 cm³/mol. The fourth-order valence-corrected chi connectivity index (χ4v) is 27.6. The maximum atomic E-state index is 8.27. The number of nitrogens with zero attached hydrogens (tertiary/aromatic N) is 16. The normalized spacial score (nSPS) is 15.8. The van der Waals surface area contributed by atoms with Gasteiger partial charge in [-0.05, 0) is 36.6 Å². The Hall–Kier alpha value is -10.9. The van der Waals surface area contributed by atoms with E-state index >= 15 is 0 Å². The zero-order valence-electron chi connectivity index (χ0n) is 51.9. The van der Waals surface area contributed by atoms with Crippen LogP contribution in [0.3, 0.4) is 0 Å². The first-order valence-corrected chi connectivity index (χ1v) is 40.8. The summed E-state index contributed by atoms with van der Waals surface area (Å²) < 4.78 is 25.7. The van der Waals surface area contributed by atoms with Gasteiger partial charge in [0.15, 0.2) is 63.3 Å². The summed E-state index contributed by atoms with van der Waals surface area (Å²) in [6.07, 6.45) is 0. The summed E-state index contributed by atoms with van der Waals surface area (Å²) >= 11 is -6.52. The lowest BCUT2D eigenvalue weighted by Crippen LogP contribution is -2.59. The van der Waals surface area contributed by atoms with Gasteiger partial charge in [-0.3, -0.25) is 0 Å². The molecule has 0 radical (unpaired) electrons. The van der Waals surface area contributed by atoms with Crippen molar-refractivity contribution in [3.63, 3.8) is 0 Å². The highest BCUT2D eigenvalue weighted by Gasteiger charge is 2.49. The van der Waals surface area contributed by atoms with Crippen LogP contribution in [0.15, 0.2) is 278 Å². The van der Waals surface area contributed by atoms with Gasteiger partial charge in [0.25, 0.3) is 0 Å². The Morgan fingerprint density at radius 1 is 0.229 bits per heavy atom. The first-order chi connectivity index (χ1) is 47.1. The van der Waals surface area contributed by atoms with Crippen molar-refractivity contribution in [2.45, 2.75) is 26.2 Å². The van der Waals surface area contributed by atoms with Crippen LogP contribution < -0.4 is 32.3 Å². The lowest BCUT2D eigenvalue weighted by molar-refractivity contribution is 0.538. The molecule has 0 atom stereocenters. The highest BCUT2D eigenvalue weighted by atomic mass is 28.4. The maximum Gasteiger partial charge on any atom is 0.798 e. The molecule has 8 aliphatic heterocycles. The van der Waals surface area contributed by atoms with Gasteiger partial charge in [0, 0.05) is 87.6 Å². The van der Waals surface area contributed by atoms with E-state index in [9.17, 15) is 0 Å². The molecule has 0 N–H and O–H groups in total. The van der Waals surface area contributed by atoms with Crippen molar-refractivity contribution < 1.29 is 6.96 Å². The van der Waals surface area contributed by atoms with Crippen molar-refractivity contribution >= 4 is 170 Å². The second-order valence-electron chi connectivity index (χ2n) is 25.9. The van der Waals surface area contributed by atoms with Gasteiger partial charge < -0.3 is 21.2 Å². The summed E-state index contributed by atoms with van der Waals surface area (Å²) in [5, 5.41) is 9.52. The number of rotatable bonds is 6. The molecule has 12 bridgehead atoms. The predicted octanol–water partition coefficient (Wildman–Crippen LogP) is 10.4. The summed E-state index contributed by atoms with van der Waals surface area (Å²) in [6.45, 7) is 9.17. The molecule has 12 heterocycles. The monoisotopic (exact) mass is 1300 g/mol. The number of aliphatic imine (C=N–C) groups is 8. The van der Waals surface area contributed by atoms with Crippen molar-refractivity contribution in [3.8, 4) is 0 Å². The average molecular weight is 1300 g/mol. The van der Waals surface area contributed by atoms with E-state index in [0.717, 1.165) is 98.0 Å². The molecule has 22 heteroatoms. The minimum atomic E-state index is -3.26. The summed E-state index contributed by atoms with van der Waals surface area (Å²) in [5.74, 6) is 7.39. The Morgan fingerprint density at radius 2 is 0.427 bits per heavy atom. The van der Waals surface area contributed by atoms with Crippen molar-refractivity contribution in [3.05, 3.63) is 285 Å². The first kappa shape index (κ1) is 54.5. The van der Waals surface area contributed by atoms with E-state index in [2.05, 4.69) is 210 Å². The van der Waals surface area contributed by atoms with Gasteiger partial charge in [0.05, 0.1) is 0 Å². The zero-order valence-corrected chi connectivity index (χ0v) is 56.2. The van der Waals surface area contributed by atoms with Crippen LogP contribution in [0.5, 0.6) is 0 Å². The highest BCUT2D eigenvalue weighted by Crippen LogP contribution is 2.44. The second-order valence-corrected chi connectivity index (χ2v) is 38.3. The molecule has 21 rings (SSSR count). The van der Waals surface area contributed by atoms with Crippen LogP contribution in [0.25, 0.3) is 43.1 Å². The van der Waals surface area contributed by atoms with E-state index in [-0.39, 0.29) is 0 Å². The highest BCUT2D eigenvalue weighted by molar-refractivity contribution is 6.90. The van der Waals surface area contributed by atoms with Crippen molar-refractivity contribution in [2.24, 2.45) is 59.9 Å². The van der Waals surface area contributed by atoms with Gasteiger partial charge in [-0.1, -0.05) is 218 Å². The van der Waals surface area contributed by atoms with Gasteiger partial charge in [-0.25, -0.2) is 59.9 Å². The minimum absolute atomic E-state index is 0.575. The number of benzene rings is 9. The topological polar surface area (TPSA) is 187 Å². The van der Waals surface area contributed by atoms with Gasteiger partial charge in [-0.15, -0.1) is 0 Å². The molecule has 0 fully saturated rings. The van der Waals surface area contributed by atoms with Gasteiger partial charge in [0.1, 0.15) is 45.2 Å². The molecule has 0 aliphatic carbocycles. The Morgan fingerprint density at radius 3 is 0.656 bits per heavy atom. The molecule has 0 unspecified atom stereocenters. The molecule has 96 heavy (non-hydrogen) atoms. The van der Waals surface area contributed by atoms with Gasteiger partial charge >= 0.3 is 29.8 Å². The van der Waals surface area contributed by atoms with E-state index < -0.39 is 46.5 Å². The molecule has 450 valence electrons. The number of fused-ring (bicyclic) bond motifs is 28. The molecule has 4 aromatic heterocycles. The minimum Gasteiger partial charge on any atom is -0.506 e. The first-order valence-electron chi connectivity index (χ1n) is 32.0. The molecule has 0 saturated heterocycles. The van der Waals surface area contributed by atoms with Crippen molar-refractivity contribution in [1.29, 1.82) is 0 Å². The molecule has 9 aromatic carbocycles. The number of amidine groups is 8. The Bertz CT molecular complexity index is 5670. The molecule has 0 amide bonds. The Kier molecular flexibility index (Phi) is 11.3. The Balaban J connectivity index is 0.761.